The molecule has 0 unspecified atom stereocenters. The number of hydrogen-bond donors (Lipinski definition) is 0. The Bertz CT molecular complexity index is 869. The number of benzene rings is 1. The molecule has 8 nitrogen and oxygen atoms in total. The summed E-state index contributed by atoms with van der Waals surface area (Å²) in [5.74, 6) is -0.0854. The Kier molecular flexibility index (Phi) is 6.42. The third-order valence-corrected chi connectivity index (χ3v) is 4.73. The van der Waals surface area contributed by atoms with Crippen molar-refractivity contribution in [2.75, 3.05) is 13.1 Å². The molecule has 29 heavy (non-hydrogen) atoms. The fourth-order valence-corrected chi connectivity index (χ4v) is 3.16. The molecular formula is C20H24ClN3O5. The molecule has 1 aromatic carbocycles. The molecule has 0 N–H and O–H groups in total. The zero-order valence-electron chi connectivity index (χ0n) is 16.7. The van der Waals surface area contributed by atoms with Crippen LogP contribution >= 0.6 is 11.6 Å². The SMILES string of the molecule is CC(C)(C)OC(=O)N1CCC(C(=O)OCc2nc(-c3ccccc3Cl)no2)CC1. The first-order valence-corrected chi connectivity index (χ1v) is 9.83. The van der Waals surface area contributed by atoms with Gasteiger partial charge in [-0.1, -0.05) is 28.9 Å². The van der Waals surface area contributed by atoms with Crippen LogP contribution in [0.2, 0.25) is 5.02 Å². The predicted molar refractivity (Wildman–Crippen MR) is 105 cm³/mol. The lowest BCUT2D eigenvalue weighted by atomic mass is 9.97. The average molecular weight is 422 g/mol. The third-order valence-electron chi connectivity index (χ3n) is 4.40. The van der Waals surface area contributed by atoms with Gasteiger partial charge in [-0.25, -0.2) is 4.79 Å². The molecule has 2 aromatic rings. The molecule has 9 heteroatoms. The molecule has 0 atom stereocenters. The fraction of sp³-hybridized carbons (Fsp3) is 0.500. The molecule has 1 amide bonds. The number of carbonyl (C=O) groups is 2. The van der Waals surface area contributed by atoms with Crippen LogP contribution in [0.4, 0.5) is 4.79 Å². The van der Waals surface area contributed by atoms with Crippen molar-refractivity contribution in [1.82, 2.24) is 15.0 Å². The lowest BCUT2D eigenvalue weighted by Crippen LogP contribution is -2.43. The summed E-state index contributed by atoms with van der Waals surface area (Å²) in [6, 6.07) is 7.14. The number of aromatic nitrogens is 2. The number of hydrogen-bond acceptors (Lipinski definition) is 7. The average Bonchev–Trinajstić information content (AvgIpc) is 3.14. The van der Waals surface area contributed by atoms with Crippen LogP contribution in [0.25, 0.3) is 11.4 Å². The van der Waals surface area contributed by atoms with Gasteiger partial charge in [0.1, 0.15) is 5.60 Å². The van der Waals surface area contributed by atoms with Gasteiger partial charge >= 0.3 is 12.1 Å². The molecule has 0 aliphatic carbocycles. The monoisotopic (exact) mass is 421 g/mol. The van der Waals surface area contributed by atoms with E-state index in [9.17, 15) is 9.59 Å². The molecule has 1 aliphatic rings. The Labute approximate surface area is 174 Å². The minimum Gasteiger partial charge on any atom is -0.455 e. The summed E-state index contributed by atoms with van der Waals surface area (Å²) in [4.78, 5) is 30.3. The molecule has 1 aliphatic heterocycles. The van der Waals surface area contributed by atoms with Crippen molar-refractivity contribution in [3.8, 4) is 11.4 Å². The standard InChI is InChI=1S/C20H24ClN3O5/c1-20(2,3)28-19(26)24-10-8-13(9-11-24)18(25)27-12-16-22-17(23-29-16)14-6-4-5-7-15(14)21/h4-7,13H,8-12H2,1-3H3. The molecular weight excluding hydrogens is 398 g/mol. The van der Waals surface area contributed by atoms with E-state index in [1.807, 2.05) is 32.9 Å². The maximum absolute atomic E-state index is 12.3. The van der Waals surface area contributed by atoms with E-state index in [0.29, 0.717) is 42.3 Å². The van der Waals surface area contributed by atoms with E-state index in [1.165, 1.54) is 0 Å². The van der Waals surface area contributed by atoms with Gasteiger partial charge in [-0.15, -0.1) is 0 Å². The van der Waals surface area contributed by atoms with E-state index in [1.54, 1.807) is 17.0 Å². The topological polar surface area (TPSA) is 94.8 Å². The highest BCUT2D eigenvalue weighted by Gasteiger charge is 2.31. The third kappa shape index (κ3) is 5.69. The quantitative estimate of drug-likeness (QED) is 0.686. The van der Waals surface area contributed by atoms with Crippen molar-refractivity contribution in [1.29, 1.82) is 0 Å². The molecule has 3 rings (SSSR count). The van der Waals surface area contributed by atoms with Gasteiger partial charge in [0.05, 0.1) is 10.9 Å². The smallest absolute Gasteiger partial charge is 0.410 e. The van der Waals surface area contributed by atoms with Crippen LogP contribution in [0.1, 0.15) is 39.5 Å². The van der Waals surface area contributed by atoms with E-state index in [0.717, 1.165) is 0 Å². The van der Waals surface area contributed by atoms with Gasteiger partial charge < -0.3 is 18.9 Å². The summed E-state index contributed by atoms with van der Waals surface area (Å²) >= 11 is 6.12. The number of esters is 1. The Balaban J connectivity index is 1.48. The van der Waals surface area contributed by atoms with E-state index in [-0.39, 0.29) is 30.5 Å². The van der Waals surface area contributed by atoms with Crippen molar-refractivity contribution in [3.05, 3.63) is 35.2 Å². The van der Waals surface area contributed by atoms with Crippen LogP contribution < -0.4 is 0 Å². The number of amides is 1. The van der Waals surface area contributed by atoms with Crippen LogP contribution in [-0.4, -0.2) is 45.8 Å². The summed E-state index contributed by atoms with van der Waals surface area (Å²) < 4.78 is 15.8. The first kappa shape index (κ1) is 21.1. The van der Waals surface area contributed by atoms with Crippen LogP contribution in [0.5, 0.6) is 0 Å². The van der Waals surface area contributed by atoms with Crippen LogP contribution in [-0.2, 0) is 20.9 Å². The molecule has 1 aromatic heterocycles. The van der Waals surface area contributed by atoms with Crippen molar-refractivity contribution in [2.24, 2.45) is 5.92 Å². The number of nitrogens with zero attached hydrogens (tertiary/aromatic N) is 3. The van der Waals surface area contributed by atoms with E-state index >= 15 is 0 Å². The summed E-state index contributed by atoms with van der Waals surface area (Å²) in [6.07, 6.45) is 0.682. The maximum atomic E-state index is 12.3. The highest BCUT2D eigenvalue weighted by Crippen LogP contribution is 2.25. The summed E-state index contributed by atoms with van der Waals surface area (Å²) in [5, 5.41) is 4.38. The molecule has 0 saturated carbocycles. The first-order valence-electron chi connectivity index (χ1n) is 9.45. The Hall–Kier alpha value is -2.61. The molecule has 1 saturated heterocycles. The largest absolute Gasteiger partial charge is 0.455 e. The lowest BCUT2D eigenvalue weighted by Gasteiger charge is -2.32. The van der Waals surface area contributed by atoms with E-state index in [4.69, 9.17) is 25.6 Å². The van der Waals surface area contributed by atoms with Gasteiger partial charge in [0.2, 0.25) is 5.82 Å². The number of rotatable bonds is 4. The van der Waals surface area contributed by atoms with Gasteiger partial charge in [0.25, 0.3) is 5.89 Å². The molecule has 156 valence electrons. The normalized spacial score (nSPS) is 15.2. The van der Waals surface area contributed by atoms with Crippen molar-refractivity contribution >= 4 is 23.7 Å². The van der Waals surface area contributed by atoms with Gasteiger partial charge in [0.15, 0.2) is 6.61 Å². The second-order valence-electron chi connectivity index (χ2n) is 7.84. The number of halogens is 1. The number of ether oxygens (including phenoxy) is 2. The van der Waals surface area contributed by atoms with Crippen molar-refractivity contribution < 1.29 is 23.6 Å². The van der Waals surface area contributed by atoms with Crippen LogP contribution in [0, 0.1) is 5.92 Å². The second kappa shape index (κ2) is 8.82. The zero-order valence-corrected chi connectivity index (χ0v) is 17.4. The zero-order chi connectivity index (χ0) is 21.0. The highest BCUT2D eigenvalue weighted by atomic mass is 35.5. The van der Waals surface area contributed by atoms with Crippen LogP contribution in [0.15, 0.2) is 28.8 Å². The number of carbonyl (C=O) groups excluding carboxylic acids is 2. The van der Waals surface area contributed by atoms with Crippen LogP contribution in [0.3, 0.4) is 0 Å². The van der Waals surface area contributed by atoms with Gasteiger partial charge in [-0.2, -0.15) is 4.98 Å². The first-order chi connectivity index (χ1) is 13.7. The van der Waals surface area contributed by atoms with E-state index < -0.39 is 5.60 Å². The summed E-state index contributed by atoms with van der Waals surface area (Å²) in [6.45, 7) is 6.26. The lowest BCUT2D eigenvalue weighted by molar-refractivity contribution is -0.152. The fourth-order valence-electron chi connectivity index (χ4n) is 2.94. The maximum Gasteiger partial charge on any atom is 0.410 e. The molecule has 0 radical (unpaired) electrons. The Morgan fingerprint density at radius 1 is 1.24 bits per heavy atom. The second-order valence-corrected chi connectivity index (χ2v) is 8.25. The van der Waals surface area contributed by atoms with Crippen molar-refractivity contribution in [3.63, 3.8) is 0 Å². The molecule has 1 fully saturated rings. The summed E-state index contributed by atoms with van der Waals surface area (Å²) in [7, 11) is 0. The van der Waals surface area contributed by atoms with Crippen molar-refractivity contribution in [2.45, 2.75) is 45.8 Å². The van der Waals surface area contributed by atoms with Gasteiger partial charge in [-0.3, -0.25) is 4.79 Å². The minimum absolute atomic E-state index is 0.109. The Morgan fingerprint density at radius 2 is 1.93 bits per heavy atom. The summed E-state index contributed by atoms with van der Waals surface area (Å²) in [5.41, 5.74) is 0.102. The minimum atomic E-state index is -0.542. The number of piperidine rings is 1. The molecule has 2 heterocycles. The van der Waals surface area contributed by atoms with E-state index in [2.05, 4.69) is 10.1 Å². The molecule has 0 bridgehead atoms. The number of likely N-dealkylation sites (tertiary alicyclic amines) is 1. The predicted octanol–water partition coefficient (Wildman–Crippen LogP) is 4.08. The molecule has 0 spiro atoms. The van der Waals surface area contributed by atoms with Gasteiger partial charge in [0, 0.05) is 18.7 Å². The highest BCUT2D eigenvalue weighted by molar-refractivity contribution is 6.33. The van der Waals surface area contributed by atoms with Gasteiger partial charge in [-0.05, 0) is 45.7 Å². The Morgan fingerprint density at radius 3 is 2.59 bits per heavy atom.